The molecule has 0 saturated carbocycles. The van der Waals surface area contributed by atoms with Crippen LogP contribution in [-0.4, -0.2) is 25.8 Å². The molecule has 1 aliphatic rings. The standard InChI is InChI=1S/C15H22N2O2/c1-10-8-12-6-4-5-7-13(12)14(10)17-15(18)16-9-11(2)19-3/h4-7,10-11,14H,8-9H2,1-3H3,(H2,16,17,18)/t10-,11+,14-/m0/s1. The molecule has 1 aromatic rings. The molecule has 2 N–H and O–H groups in total. The number of carbonyl (C=O) groups excluding carboxylic acids is 1. The fourth-order valence-corrected chi connectivity index (χ4v) is 2.53. The number of ether oxygens (including phenoxy) is 1. The molecular weight excluding hydrogens is 240 g/mol. The predicted molar refractivity (Wildman–Crippen MR) is 75.1 cm³/mol. The number of fused-ring (bicyclic) bond motifs is 1. The van der Waals surface area contributed by atoms with Crippen molar-refractivity contribution in [1.82, 2.24) is 10.6 Å². The number of carbonyl (C=O) groups is 1. The molecule has 2 amide bonds. The van der Waals surface area contributed by atoms with Gasteiger partial charge >= 0.3 is 6.03 Å². The van der Waals surface area contributed by atoms with Crippen LogP contribution in [0.1, 0.15) is 31.0 Å². The van der Waals surface area contributed by atoms with Crippen molar-refractivity contribution in [2.75, 3.05) is 13.7 Å². The Morgan fingerprint density at radius 3 is 2.95 bits per heavy atom. The van der Waals surface area contributed by atoms with Crippen molar-refractivity contribution in [3.8, 4) is 0 Å². The third kappa shape index (κ3) is 3.26. The predicted octanol–water partition coefficient (Wildman–Crippen LogP) is 2.25. The van der Waals surface area contributed by atoms with Crippen molar-refractivity contribution in [3.63, 3.8) is 0 Å². The lowest BCUT2D eigenvalue weighted by Gasteiger charge is -2.20. The molecule has 0 bridgehead atoms. The summed E-state index contributed by atoms with van der Waals surface area (Å²) in [7, 11) is 1.64. The molecule has 0 aliphatic heterocycles. The topological polar surface area (TPSA) is 50.4 Å². The molecular formula is C15H22N2O2. The first-order chi connectivity index (χ1) is 9.11. The average Bonchev–Trinajstić information content (AvgIpc) is 2.72. The normalized spacial score (nSPS) is 22.7. The fraction of sp³-hybridized carbons (Fsp3) is 0.533. The largest absolute Gasteiger partial charge is 0.380 e. The molecule has 1 aliphatic carbocycles. The molecule has 4 heteroatoms. The van der Waals surface area contributed by atoms with Crippen LogP contribution in [0.2, 0.25) is 0 Å². The summed E-state index contributed by atoms with van der Waals surface area (Å²) >= 11 is 0. The van der Waals surface area contributed by atoms with E-state index in [1.807, 2.05) is 19.1 Å². The van der Waals surface area contributed by atoms with Gasteiger partial charge in [0, 0.05) is 13.7 Å². The van der Waals surface area contributed by atoms with Crippen LogP contribution in [0.3, 0.4) is 0 Å². The van der Waals surface area contributed by atoms with Crippen LogP contribution in [0, 0.1) is 5.92 Å². The van der Waals surface area contributed by atoms with Crippen LogP contribution in [0.4, 0.5) is 4.79 Å². The number of amides is 2. The summed E-state index contributed by atoms with van der Waals surface area (Å²) in [6.07, 6.45) is 1.05. The Kier molecular flexibility index (Phi) is 4.43. The zero-order valence-corrected chi connectivity index (χ0v) is 11.8. The monoisotopic (exact) mass is 262 g/mol. The van der Waals surface area contributed by atoms with Crippen molar-refractivity contribution in [2.24, 2.45) is 5.92 Å². The molecule has 19 heavy (non-hydrogen) atoms. The van der Waals surface area contributed by atoms with Crippen molar-refractivity contribution in [1.29, 1.82) is 0 Å². The van der Waals surface area contributed by atoms with Gasteiger partial charge in [0.2, 0.25) is 0 Å². The maximum atomic E-state index is 11.9. The van der Waals surface area contributed by atoms with Gasteiger partial charge < -0.3 is 15.4 Å². The highest BCUT2D eigenvalue weighted by Crippen LogP contribution is 2.35. The first-order valence-corrected chi connectivity index (χ1v) is 6.76. The SMILES string of the molecule is CO[C@H](C)CNC(=O)N[C@@H]1c2ccccc2C[C@@H]1C. The maximum absolute atomic E-state index is 11.9. The molecule has 0 saturated heterocycles. The lowest BCUT2D eigenvalue weighted by atomic mass is 10.0. The van der Waals surface area contributed by atoms with E-state index in [1.165, 1.54) is 11.1 Å². The Labute approximate surface area is 114 Å². The minimum atomic E-state index is -0.127. The molecule has 0 heterocycles. The minimum absolute atomic E-state index is 0.0269. The van der Waals surface area contributed by atoms with Crippen LogP contribution in [0.25, 0.3) is 0 Å². The molecule has 104 valence electrons. The zero-order chi connectivity index (χ0) is 13.8. The number of rotatable bonds is 4. The zero-order valence-electron chi connectivity index (χ0n) is 11.8. The first kappa shape index (κ1) is 13.9. The van der Waals surface area contributed by atoms with Crippen molar-refractivity contribution >= 4 is 6.03 Å². The van der Waals surface area contributed by atoms with Gasteiger partial charge in [-0.1, -0.05) is 31.2 Å². The van der Waals surface area contributed by atoms with E-state index in [4.69, 9.17) is 4.74 Å². The van der Waals surface area contributed by atoms with E-state index in [1.54, 1.807) is 7.11 Å². The number of nitrogens with one attached hydrogen (secondary N) is 2. The van der Waals surface area contributed by atoms with Gasteiger partial charge in [-0.2, -0.15) is 0 Å². The van der Waals surface area contributed by atoms with E-state index in [9.17, 15) is 4.79 Å². The molecule has 3 atom stereocenters. The number of hydrogen-bond acceptors (Lipinski definition) is 2. The average molecular weight is 262 g/mol. The Hall–Kier alpha value is -1.55. The van der Waals surface area contributed by atoms with Gasteiger partial charge in [0.15, 0.2) is 0 Å². The second-order valence-corrected chi connectivity index (χ2v) is 5.26. The molecule has 2 rings (SSSR count). The van der Waals surface area contributed by atoms with Crippen molar-refractivity contribution in [2.45, 2.75) is 32.4 Å². The summed E-state index contributed by atoms with van der Waals surface area (Å²) in [5.41, 5.74) is 2.58. The van der Waals surface area contributed by atoms with Gasteiger partial charge in [0.25, 0.3) is 0 Å². The Morgan fingerprint density at radius 2 is 2.21 bits per heavy atom. The lowest BCUT2D eigenvalue weighted by molar-refractivity contribution is 0.118. The van der Waals surface area contributed by atoms with Crippen LogP contribution < -0.4 is 10.6 Å². The number of urea groups is 1. The first-order valence-electron chi connectivity index (χ1n) is 6.76. The third-order valence-electron chi connectivity index (χ3n) is 3.74. The quantitative estimate of drug-likeness (QED) is 0.874. The summed E-state index contributed by atoms with van der Waals surface area (Å²) in [6.45, 7) is 4.61. The summed E-state index contributed by atoms with van der Waals surface area (Å²) in [4.78, 5) is 11.9. The maximum Gasteiger partial charge on any atom is 0.315 e. The highest BCUT2D eigenvalue weighted by Gasteiger charge is 2.30. The minimum Gasteiger partial charge on any atom is -0.380 e. The molecule has 1 aromatic carbocycles. The molecule has 4 nitrogen and oxygen atoms in total. The van der Waals surface area contributed by atoms with Crippen LogP contribution >= 0.6 is 0 Å². The van der Waals surface area contributed by atoms with Crippen LogP contribution in [-0.2, 0) is 11.2 Å². The van der Waals surface area contributed by atoms with E-state index in [0.717, 1.165) is 6.42 Å². The summed E-state index contributed by atoms with van der Waals surface area (Å²) in [5, 5.41) is 5.90. The van der Waals surface area contributed by atoms with Gasteiger partial charge in [-0.3, -0.25) is 0 Å². The lowest BCUT2D eigenvalue weighted by Crippen LogP contribution is -2.42. The molecule has 0 spiro atoms. The summed E-state index contributed by atoms with van der Waals surface area (Å²) < 4.78 is 5.11. The number of benzene rings is 1. The number of hydrogen-bond donors (Lipinski definition) is 2. The summed E-state index contributed by atoms with van der Waals surface area (Å²) in [5.74, 6) is 0.433. The Balaban J connectivity index is 1.94. The molecule has 0 unspecified atom stereocenters. The Morgan fingerprint density at radius 1 is 1.47 bits per heavy atom. The van der Waals surface area contributed by atoms with Crippen LogP contribution in [0.5, 0.6) is 0 Å². The van der Waals surface area contributed by atoms with Gasteiger partial charge in [-0.25, -0.2) is 4.79 Å². The summed E-state index contributed by atoms with van der Waals surface area (Å²) in [6, 6.07) is 8.29. The highest BCUT2D eigenvalue weighted by molar-refractivity contribution is 5.74. The molecule has 0 radical (unpaired) electrons. The van der Waals surface area contributed by atoms with E-state index < -0.39 is 0 Å². The van der Waals surface area contributed by atoms with E-state index >= 15 is 0 Å². The van der Waals surface area contributed by atoms with E-state index in [0.29, 0.717) is 12.5 Å². The van der Waals surface area contributed by atoms with Gasteiger partial charge in [0.05, 0.1) is 12.1 Å². The van der Waals surface area contributed by atoms with Crippen LogP contribution in [0.15, 0.2) is 24.3 Å². The van der Waals surface area contributed by atoms with Gasteiger partial charge in [-0.05, 0) is 30.4 Å². The second kappa shape index (κ2) is 6.06. The Bertz CT molecular complexity index is 448. The van der Waals surface area contributed by atoms with E-state index in [-0.39, 0.29) is 18.2 Å². The van der Waals surface area contributed by atoms with Crippen molar-refractivity contribution < 1.29 is 9.53 Å². The second-order valence-electron chi connectivity index (χ2n) is 5.26. The molecule has 0 aromatic heterocycles. The van der Waals surface area contributed by atoms with Gasteiger partial charge in [0.1, 0.15) is 0 Å². The molecule has 0 fully saturated rings. The smallest absolute Gasteiger partial charge is 0.315 e. The highest BCUT2D eigenvalue weighted by atomic mass is 16.5. The van der Waals surface area contributed by atoms with Crippen molar-refractivity contribution in [3.05, 3.63) is 35.4 Å². The fourth-order valence-electron chi connectivity index (χ4n) is 2.53. The third-order valence-corrected chi connectivity index (χ3v) is 3.74. The number of methoxy groups -OCH3 is 1. The van der Waals surface area contributed by atoms with E-state index in [2.05, 4.69) is 29.7 Å². The van der Waals surface area contributed by atoms with Gasteiger partial charge in [-0.15, -0.1) is 0 Å².